The lowest BCUT2D eigenvalue weighted by Gasteiger charge is -2.05. The third-order valence-electron chi connectivity index (χ3n) is 3.08. The van der Waals surface area contributed by atoms with Crippen LogP contribution < -0.4 is 9.47 Å². The maximum atomic E-state index is 11.7. The lowest BCUT2D eigenvalue weighted by atomic mass is 10.2. The second kappa shape index (κ2) is 9.06. The Morgan fingerprint density at radius 2 is 1.71 bits per heavy atom. The normalized spacial score (nSPS) is 9.92. The van der Waals surface area contributed by atoms with Gasteiger partial charge in [0.15, 0.2) is 6.61 Å². The number of carbonyl (C=O) groups is 1. The van der Waals surface area contributed by atoms with Crippen molar-refractivity contribution in [2.75, 3.05) is 20.8 Å². The highest BCUT2D eigenvalue weighted by atomic mass is 16.5. The Kier molecular flexibility index (Phi) is 6.48. The van der Waals surface area contributed by atoms with Crippen molar-refractivity contribution in [1.29, 1.82) is 0 Å². The number of hydrogen-bond acceptors (Lipinski definition) is 4. The molecular weight excluding hydrogens is 304 g/mol. The predicted molar refractivity (Wildman–Crippen MR) is 92.9 cm³/mol. The van der Waals surface area contributed by atoms with E-state index in [0.29, 0.717) is 11.5 Å². The highest BCUT2D eigenvalue weighted by Gasteiger charge is 2.01. The first kappa shape index (κ1) is 17.2. The van der Waals surface area contributed by atoms with Gasteiger partial charge in [-0.25, -0.2) is 4.79 Å². The maximum absolute atomic E-state index is 11.7. The van der Waals surface area contributed by atoms with E-state index in [1.165, 1.54) is 6.08 Å². The van der Waals surface area contributed by atoms with Gasteiger partial charge >= 0.3 is 5.97 Å². The molecule has 4 nitrogen and oxygen atoms in total. The van der Waals surface area contributed by atoms with E-state index >= 15 is 0 Å². The molecule has 0 aliphatic carbocycles. The molecule has 0 unspecified atom stereocenters. The molecule has 4 heteroatoms. The molecule has 0 saturated heterocycles. The van der Waals surface area contributed by atoms with Crippen molar-refractivity contribution >= 4 is 12.0 Å². The van der Waals surface area contributed by atoms with Crippen LogP contribution in [-0.2, 0) is 9.53 Å². The molecule has 0 radical (unpaired) electrons. The molecule has 0 atom stereocenters. The first-order valence-corrected chi connectivity index (χ1v) is 7.33. The zero-order chi connectivity index (χ0) is 17.2. The fourth-order valence-corrected chi connectivity index (χ4v) is 1.90. The average molecular weight is 322 g/mol. The molecule has 0 saturated carbocycles. The van der Waals surface area contributed by atoms with Crippen LogP contribution in [0.25, 0.3) is 6.08 Å². The molecule has 0 aromatic heterocycles. The number of methoxy groups -OCH3 is 2. The van der Waals surface area contributed by atoms with Crippen LogP contribution in [0.15, 0.2) is 54.6 Å². The Balaban J connectivity index is 1.90. The second-order valence-corrected chi connectivity index (χ2v) is 4.75. The fourth-order valence-electron chi connectivity index (χ4n) is 1.90. The summed E-state index contributed by atoms with van der Waals surface area (Å²) in [7, 11) is 3.14. The minimum atomic E-state index is -0.459. The largest absolute Gasteiger partial charge is 0.497 e. The Labute approximate surface area is 141 Å². The molecule has 0 aliphatic rings. The van der Waals surface area contributed by atoms with Gasteiger partial charge in [-0.3, -0.25) is 0 Å². The summed E-state index contributed by atoms with van der Waals surface area (Å²) in [5.41, 5.74) is 1.66. The van der Waals surface area contributed by atoms with Crippen molar-refractivity contribution in [3.05, 3.63) is 65.7 Å². The van der Waals surface area contributed by atoms with E-state index in [-0.39, 0.29) is 6.61 Å². The number of ether oxygens (including phenoxy) is 3. The van der Waals surface area contributed by atoms with Gasteiger partial charge in [0.2, 0.25) is 0 Å². The van der Waals surface area contributed by atoms with Crippen LogP contribution in [0.5, 0.6) is 11.5 Å². The summed E-state index contributed by atoms with van der Waals surface area (Å²) in [6.07, 6.45) is 2.98. The van der Waals surface area contributed by atoms with Crippen molar-refractivity contribution in [2.24, 2.45) is 0 Å². The fraction of sp³-hybridized carbons (Fsp3) is 0.150. The van der Waals surface area contributed by atoms with Crippen molar-refractivity contribution in [3.8, 4) is 23.3 Å². The van der Waals surface area contributed by atoms with Gasteiger partial charge in [0.25, 0.3) is 0 Å². The molecule has 0 aliphatic heterocycles. The third kappa shape index (κ3) is 5.54. The van der Waals surface area contributed by atoms with E-state index in [1.807, 2.05) is 30.3 Å². The van der Waals surface area contributed by atoms with E-state index in [2.05, 4.69) is 11.8 Å². The maximum Gasteiger partial charge on any atom is 0.331 e. The highest BCUT2D eigenvalue weighted by Crippen LogP contribution is 2.23. The molecule has 0 spiro atoms. The van der Waals surface area contributed by atoms with E-state index in [0.717, 1.165) is 11.1 Å². The zero-order valence-electron chi connectivity index (χ0n) is 13.6. The standard InChI is InChI=1S/C20H18O4/c1-22-18-13-17(14-19(15-18)23-2)10-11-20(21)24-12-6-9-16-7-4-3-5-8-16/h3-5,7-8,10-11,13-15H,12H2,1-2H3/b11-10+. The minimum Gasteiger partial charge on any atom is -0.497 e. The van der Waals surface area contributed by atoms with Crippen LogP contribution in [-0.4, -0.2) is 26.8 Å². The highest BCUT2D eigenvalue weighted by molar-refractivity contribution is 5.87. The molecule has 0 amide bonds. The van der Waals surface area contributed by atoms with E-state index in [9.17, 15) is 4.79 Å². The molecule has 2 rings (SSSR count). The summed E-state index contributed by atoms with van der Waals surface area (Å²) in [6, 6.07) is 14.9. The van der Waals surface area contributed by atoms with Crippen LogP contribution in [0, 0.1) is 11.8 Å². The van der Waals surface area contributed by atoms with Gasteiger partial charge in [0, 0.05) is 17.7 Å². The summed E-state index contributed by atoms with van der Waals surface area (Å²) in [4.78, 5) is 11.7. The Morgan fingerprint density at radius 3 is 2.33 bits per heavy atom. The average Bonchev–Trinajstić information content (AvgIpc) is 2.64. The molecule has 0 bridgehead atoms. The van der Waals surface area contributed by atoms with Gasteiger partial charge in [0.05, 0.1) is 14.2 Å². The van der Waals surface area contributed by atoms with E-state index in [4.69, 9.17) is 14.2 Å². The summed E-state index contributed by atoms with van der Waals surface area (Å²) in [5.74, 6) is 6.56. The summed E-state index contributed by atoms with van der Waals surface area (Å²) in [6.45, 7) is 0.0412. The minimum absolute atomic E-state index is 0.0412. The molecule has 0 fully saturated rings. The Morgan fingerprint density at radius 1 is 1.04 bits per heavy atom. The van der Waals surface area contributed by atoms with Crippen LogP contribution >= 0.6 is 0 Å². The quantitative estimate of drug-likeness (QED) is 0.481. The van der Waals surface area contributed by atoms with Crippen molar-refractivity contribution in [2.45, 2.75) is 0 Å². The van der Waals surface area contributed by atoms with Crippen LogP contribution in [0.1, 0.15) is 11.1 Å². The lowest BCUT2D eigenvalue weighted by Crippen LogP contribution is -2.00. The van der Waals surface area contributed by atoms with Crippen molar-refractivity contribution in [3.63, 3.8) is 0 Å². The Bertz CT molecular complexity index is 745. The summed E-state index contributed by atoms with van der Waals surface area (Å²) < 4.78 is 15.4. The van der Waals surface area contributed by atoms with Gasteiger partial charge in [0.1, 0.15) is 11.5 Å². The number of benzene rings is 2. The van der Waals surface area contributed by atoms with Gasteiger partial charge in [-0.05, 0) is 35.9 Å². The van der Waals surface area contributed by atoms with Gasteiger partial charge < -0.3 is 14.2 Å². The van der Waals surface area contributed by atoms with Gasteiger partial charge in [-0.2, -0.15) is 0 Å². The first-order valence-electron chi connectivity index (χ1n) is 7.33. The smallest absolute Gasteiger partial charge is 0.331 e. The summed E-state index contributed by atoms with van der Waals surface area (Å²) >= 11 is 0. The Hall–Kier alpha value is -3.19. The molecule has 2 aromatic carbocycles. The molecule has 0 N–H and O–H groups in total. The molecule has 2 aromatic rings. The van der Waals surface area contributed by atoms with Crippen molar-refractivity contribution in [1.82, 2.24) is 0 Å². The molecule has 0 heterocycles. The first-order chi connectivity index (χ1) is 11.7. The topological polar surface area (TPSA) is 44.8 Å². The second-order valence-electron chi connectivity index (χ2n) is 4.75. The van der Waals surface area contributed by atoms with E-state index in [1.54, 1.807) is 38.5 Å². The lowest BCUT2D eigenvalue weighted by molar-refractivity contribution is -0.136. The number of hydrogen-bond donors (Lipinski definition) is 0. The molecular formula is C20H18O4. The predicted octanol–water partition coefficient (Wildman–Crippen LogP) is 3.31. The number of rotatable bonds is 5. The molecule has 24 heavy (non-hydrogen) atoms. The van der Waals surface area contributed by atoms with Gasteiger partial charge in [-0.1, -0.05) is 30.0 Å². The SMILES string of the molecule is COc1cc(/C=C/C(=O)OCC#Cc2ccccc2)cc(OC)c1. The van der Waals surface area contributed by atoms with Gasteiger partial charge in [-0.15, -0.1) is 0 Å². The zero-order valence-corrected chi connectivity index (χ0v) is 13.6. The number of esters is 1. The third-order valence-corrected chi connectivity index (χ3v) is 3.08. The van der Waals surface area contributed by atoms with Crippen LogP contribution in [0.3, 0.4) is 0 Å². The van der Waals surface area contributed by atoms with Crippen LogP contribution in [0.4, 0.5) is 0 Å². The van der Waals surface area contributed by atoms with Crippen LogP contribution in [0.2, 0.25) is 0 Å². The summed E-state index contributed by atoms with van der Waals surface area (Å²) in [5, 5.41) is 0. The number of carbonyl (C=O) groups excluding carboxylic acids is 1. The van der Waals surface area contributed by atoms with E-state index < -0.39 is 5.97 Å². The van der Waals surface area contributed by atoms with Crippen molar-refractivity contribution < 1.29 is 19.0 Å². The molecule has 122 valence electrons. The monoisotopic (exact) mass is 322 g/mol.